The highest BCUT2D eigenvalue weighted by Crippen LogP contribution is 2.52. The topological polar surface area (TPSA) is 72.6 Å². The lowest BCUT2D eigenvalue weighted by molar-refractivity contribution is -0.384. The Bertz CT molecular complexity index is 1040. The van der Waals surface area contributed by atoms with Gasteiger partial charge in [-0.2, -0.15) is 0 Å². The van der Waals surface area contributed by atoms with Crippen LogP contribution in [0.25, 0.3) is 11.1 Å². The molecule has 1 N–H and O–H groups in total. The fourth-order valence-corrected chi connectivity index (χ4v) is 3.64. The van der Waals surface area contributed by atoms with Crippen LogP contribution in [-0.4, -0.2) is 17.1 Å². The third-order valence-corrected chi connectivity index (χ3v) is 4.88. The van der Waals surface area contributed by atoms with Gasteiger partial charge >= 0.3 is 0 Å². The summed E-state index contributed by atoms with van der Waals surface area (Å²) in [4.78, 5) is 10.6. The zero-order chi connectivity index (χ0) is 19.0. The molecule has 5 heteroatoms. The summed E-state index contributed by atoms with van der Waals surface area (Å²) < 4.78 is 5.60. The summed E-state index contributed by atoms with van der Waals surface area (Å²) in [6, 6.07) is 23.4. The van der Waals surface area contributed by atoms with Crippen molar-refractivity contribution < 1.29 is 14.8 Å². The van der Waals surface area contributed by atoms with Gasteiger partial charge in [0, 0.05) is 30.4 Å². The van der Waals surface area contributed by atoms with Crippen LogP contribution in [0.15, 0.2) is 78.9 Å². The molecule has 3 aromatic carbocycles. The molecule has 0 fully saturated rings. The van der Waals surface area contributed by atoms with Crippen LogP contribution in [0.2, 0.25) is 0 Å². The molecule has 0 spiro atoms. The first-order valence-electron chi connectivity index (χ1n) is 8.48. The number of fused-ring (bicyclic) bond motifs is 1. The highest BCUT2D eigenvalue weighted by Gasteiger charge is 2.45. The third-order valence-electron chi connectivity index (χ3n) is 4.88. The number of aliphatic hydroxyl groups is 1. The number of hydrogen-bond acceptors (Lipinski definition) is 4. The van der Waals surface area contributed by atoms with E-state index in [9.17, 15) is 15.2 Å². The predicted molar refractivity (Wildman–Crippen MR) is 103 cm³/mol. The maximum atomic E-state index is 11.5. The summed E-state index contributed by atoms with van der Waals surface area (Å²) >= 11 is 0. The molecule has 0 aromatic heterocycles. The summed E-state index contributed by atoms with van der Waals surface area (Å²) in [6.07, 6.45) is 0. The zero-order valence-corrected chi connectivity index (χ0v) is 14.6. The Labute approximate surface area is 156 Å². The van der Waals surface area contributed by atoms with Crippen molar-refractivity contribution in [3.8, 4) is 0 Å². The van der Waals surface area contributed by atoms with Gasteiger partial charge in [0.15, 0.2) is 0 Å². The molecule has 0 radical (unpaired) electrons. The molecule has 1 aliphatic carbocycles. The molecule has 4 rings (SSSR count). The van der Waals surface area contributed by atoms with E-state index in [0.29, 0.717) is 11.1 Å². The number of nitro benzene ring substituents is 1. The Hall–Kier alpha value is -3.28. The molecule has 3 aromatic rings. The first-order chi connectivity index (χ1) is 13.1. The van der Waals surface area contributed by atoms with Crippen molar-refractivity contribution in [2.75, 3.05) is 7.11 Å². The molecule has 1 aliphatic rings. The van der Waals surface area contributed by atoms with Gasteiger partial charge in [0.05, 0.1) is 4.92 Å². The number of nitro groups is 1. The molecule has 134 valence electrons. The summed E-state index contributed by atoms with van der Waals surface area (Å²) in [5, 5.41) is 22.5. The van der Waals surface area contributed by atoms with Crippen molar-refractivity contribution in [1.82, 2.24) is 0 Å². The van der Waals surface area contributed by atoms with Gasteiger partial charge in [-0.3, -0.25) is 10.1 Å². The van der Waals surface area contributed by atoms with Gasteiger partial charge in [-0.1, -0.05) is 54.6 Å². The van der Waals surface area contributed by atoms with E-state index in [0.717, 1.165) is 22.3 Å². The van der Waals surface area contributed by atoms with E-state index in [-0.39, 0.29) is 5.69 Å². The lowest BCUT2D eigenvalue weighted by Crippen LogP contribution is -2.27. The molecule has 0 unspecified atom stereocenters. The summed E-state index contributed by atoms with van der Waals surface area (Å²) in [7, 11) is 1.47. The normalized spacial score (nSPS) is 18.4. The van der Waals surface area contributed by atoms with Crippen LogP contribution >= 0.6 is 0 Å². The van der Waals surface area contributed by atoms with E-state index in [4.69, 9.17) is 4.74 Å². The van der Waals surface area contributed by atoms with Crippen molar-refractivity contribution in [2.24, 2.45) is 0 Å². The highest BCUT2D eigenvalue weighted by molar-refractivity contribution is 6.06. The maximum Gasteiger partial charge on any atom is 0.269 e. The Morgan fingerprint density at radius 1 is 0.889 bits per heavy atom. The lowest BCUT2D eigenvalue weighted by atomic mass is 9.92. The fraction of sp³-hybridized carbons (Fsp3) is 0.0909. The molecular weight excluding hydrogens is 342 g/mol. The van der Waals surface area contributed by atoms with Crippen LogP contribution in [0.5, 0.6) is 0 Å². The second-order valence-electron chi connectivity index (χ2n) is 6.31. The Morgan fingerprint density at radius 3 is 2.15 bits per heavy atom. The molecular formula is C22H17NO4. The monoisotopic (exact) mass is 359 g/mol. The van der Waals surface area contributed by atoms with Gasteiger partial charge in [0.2, 0.25) is 5.79 Å². The SMILES string of the molecule is CO[C@@]1(O)C(c2ccccc2)=C(c2ccc([N+](=O)[O-])cc2)c2ccccc21. The van der Waals surface area contributed by atoms with Gasteiger partial charge in [0.1, 0.15) is 0 Å². The number of benzene rings is 3. The van der Waals surface area contributed by atoms with Gasteiger partial charge < -0.3 is 9.84 Å². The van der Waals surface area contributed by atoms with Gasteiger partial charge in [-0.05, 0) is 34.4 Å². The standard InChI is InChI=1S/C22H17NO4/c1-27-22(24)19-10-6-5-9-18(19)20(21(22)16-7-3-2-4-8-16)15-11-13-17(14-12-15)23(25)26/h2-14,24H,1H3/t22-/m1/s1. The first-order valence-corrected chi connectivity index (χ1v) is 8.48. The van der Waals surface area contributed by atoms with Gasteiger partial charge in [-0.25, -0.2) is 0 Å². The zero-order valence-electron chi connectivity index (χ0n) is 14.6. The number of hydrogen-bond donors (Lipinski definition) is 1. The summed E-state index contributed by atoms with van der Waals surface area (Å²) in [6.45, 7) is 0. The average Bonchev–Trinajstić information content (AvgIpc) is 2.98. The first kappa shape index (κ1) is 17.1. The molecule has 0 aliphatic heterocycles. The number of non-ortho nitro benzene ring substituents is 1. The quantitative estimate of drug-likeness (QED) is 0.427. The largest absolute Gasteiger partial charge is 0.358 e. The van der Waals surface area contributed by atoms with Crippen LogP contribution in [0.1, 0.15) is 22.3 Å². The number of rotatable bonds is 4. The number of nitrogens with zero attached hydrogens (tertiary/aromatic N) is 1. The molecule has 1 atom stereocenters. The van der Waals surface area contributed by atoms with Crippen molar-refractivity contribution in [3.05, 3.63) is 111 Å². The molecule has 0 saturated carbocycles. The smallest absolute Gasteiger partial charge is 0.269 e. The van der Waals surface area contributed by atoms with E-state index in [1.807, 2.05) is 54.6 Å². The highest BCUT2D eigenvalue weighted by atomic mass is 16.6. The minimum atomic E-state index is -1.60. The third kappa shape index (κ3) is 2.65. The predicted octanol–water partition coefficient (Wildman–Crippen LogP) is 4.36. The Kier molecular flexibility index (Phi) is 4.11. The second kappa shape index (κ2) is 6.46. The van der Waals surface area contributed by atoms with Crippen LogP contribution < -0.4 is 0 Å². The van der Waals surface area contributed by atoms with Gasteiger partial charge in [0.25, 0.3) is 5.69 Å². The van der Waals surface area contributed by atoms with Crippen LogP contribution in [0.3, 0.4) is 0 Å². The van der Waals surface area contributed by atoms with Crippen molar-refractivity contribution in [3.63, 3.8) is 0 Å². The van der Waals surface area contributed by atoms with Crippen LogP contribution in [0.4, 0.5) is 5.69 Å². The Morgan fingerprint density at radius 2 is 1.52 bits per heavy atom. The number of ether oxygens (including phenoxy) is 1. The summed E-state index contributed by atoms with van der Waals surface area (Å²) in [5.41, 5.74) is 4.55. The van der Waals surface area contributed by atoms with Crippen molar-refractivity contribution in [2.45, 2.75) is 5.79 Å². The van der Waals surface area contributed by atoms with E-state index >= 15 is 0 Å². The maximum absolute atomic E-state index is 11.5. The second-order valence-corrected chi connectivity index (χ2v) is 6.31. The molecule has 0 bridgehead atoms. The lowest BCUT2D eigenvalue weighted by Gasteiger charge is -2.26. The molecule has 27 heavy (non-hydrogen) atoms. The molecule has 5 nitrogen and oxygen atoms in total. The Balaban J connectivity index is 2.03. The van der Waals surface area contributed by atoms with Crippen LogP contribution in [0, 0.1) is 10.1 Å². The van der Waals surface area contributed by atoms with Crippen molar-refractivity contribution in [1.29, 1.82) is 0 Å². The van der Waals surface area contributed by atoms with Crippen molar-refractivity contribution >= 4 is 16.8 Å². The van der Waals surface area contributed by atoms with E-state index in [2.05, 4.69) is 0 Å². The van der Waals surface area contributed by atoms with E-state index in [1.165, 1.54) is 19.2 Å². The minimum Gasteiger partial charge on any atom is -0.358 e. The molecule has 0 amide bonds. The van der Waals surface area contributed by atoms with Gasteiger partial charge in [-0.15, -0.1) is 0 Å². The fourth-order valence-electron chi connectivity index (χ4n) is 3.64. The minimum absolute atomic E-state index is 0.0221. The molecule has 0 saturated heterocycles. The number of methoxy groups -OCH3 is 1. The van der Waals surface area contributed by atoms with Crippen LogP contribution in [-0.2, 0) is 10.5 Å². The average molecular weight is 359 g/mol. The van der Waals surface area contributed by atoms with E-state index < -0.39 is 10.7 Å². The summed E-state index contributed by atoms with van der Waals surface area (Å²) in [5.74, 6) is -1.60. The van der Waals surface area contributed by atoms with E-state index in [1.54, 1.807) is 12.1 Å². The molecule has 0 heterocycles.